The van der Waals surface area contributed by atoms with Crippen molar-refractivity contribution >= 4 is 22.7 Å². The van der Waals surface area contributed by atoms with Crippen molar-refractivity contribution in [3.05, 3.63) is 71.4 Å². The van der Waals surface area contributed by atoms with Gasteiger partial charge in [-0.3, -0.25) is 9.59 Å². The number of amides is 2. The molecule has 3 rings (SSSR count). The van der Waals surface area contributed by atoms with Crippen LogP contribution < -0.4 is 5.32 Å². The van der Waals surface area contributed by atoms with Gasteiger partial charge in [-0.05, 0) is 30.3 Å². The number of aromatic nitrogens is 1. The fourth-order valence-electron chi connectivity index (χ4n) is 2.58. The quantitative estimate of drug-likeness (QED) is 0.717. The van der Waals surface area contributed by atoms with E-state index in [2.05, 4.69) is 22.1 Å². The number of hydrogen-bond acceptors (Lipinski definition) is 2. The molecule has 0 aliphatic rings. The van der Waals surface area contributed by atoms with E-state index in [1.54, 1.807) is 44.6 Å². The summed E-state index contributed by atoms with van der Waals surface area (Å²) in [6.45, 7) is 0.247. The van der Waals surface area contributed by atoms with Crippen molar-refractivity contribution in [2.45, 2.75) is 0 Å². The number of H-pyrrole nitrogens is 1. The van der Waals surface area contributed by atoms with Gasteiger partial charge in [-0.25, -0.2) is 0 Å². The van der Waals surface area contributed by atoms with Crippen molar-refractivity contribution in [1.29, 1.82) is 0 Å². The second kappa shape index (κ2) is 7.58. The third-order valence-electron chi connectivity index (χ3n) is 3.94. The molecule has 0 atom stereocenters. The molecule has 0 radical (unpaired) electrons. The molecule has 2 amide bonds. The maximum absolute atomic E-state index is 12.3. The smallest absolute Gasteiger partial charge is 0.254 e. The lowest BCUT2D eigenvalue weighted by molar-refractivity contribution is 0.0827. The number of aromatic amines is 1. The van der Waals surface area contributed by atoms with Crippen LogP contribution in [0.5, 0.6) is 0 Å². The molecule has 130 valence electrons. The maximum atomic E-state index is 12.3. The third-order valence-corrected chi connectivity index (χ3v) is 3.94. The molecule has 3 aromatic rings. The van der Waals surface area contributed by atoms with Crippen molar-refractivity contribution in [2.75, 3.05) is 20.6 Å². The van der Waals surface area contributed by atoms with Crippen LogP contribution in [0.15, 0.2) is 54.7 Å². The molecule has 0 spiro atoms. The summed E-state index contributed by atoms with van der Waals surface area (Å²) < 4.78 is 0. The Labute approximate surface area is 152 Å². The number of hydrogen-bond donors (Lipinski definition) is 2. The summed E-state index contributed by atoms with van der Waals surface area (Å²) in [7, 11) is 3.43. The van der Waals surface area contributed by atoms with E-state index in [1.165, 1.54) is 4.90 Å². The first kappa shape index (κ1) is 17.3. The third kappa shape index (κ3) is 3.76. The Bertz CT molecular complexity index is 1000. The average molecular weight is 345 g/mol. The Hall–Kier alpha value is -3.52. The Balaban J connectivity index is 1.60. The Morgan fingerprint density at radius 1 is 1.08 bits per heavy atom. The van der Waals surface area contributed by atoms with Gasteiger partial charge in [-0.15, -0.1) is 0 Å². The number of fused-ring (bicyclic) bond motifs is 1. The largest absolute Gasteiger partial charge is 0.360 e. The zero-order valence-corrected chi connectivity index (χ0v) is 14.7. The number of carbonyl (C=O) groups excluding carboxylic acids is 2. The van der Waals surface area contributed by atoms with Crippen LogP contribution in [-0.4, -0.2) is 42.3 Å². The average Bonchev–Trinajstić information content (AvgIpc) is 3.09. The van der Waals surface area contributed by atoms with Gasteiger partial charge in [0.15, 0.2) is 0 Å². The summed E-state index contributed by atoms with van der Waals surface area (Å²) in [4.78, 5) is 28.7. The lowest BCUT2D eigenvalue weighted by atomic mass is 10.1. The van der Waals surface area contributed by atoms with Gasteiger partial charge >= 0.3 is 0 Å². The molecule has 0 bridgehead atoms. The van der Waals surface area contributed by atoms with Crippen molar-refractivity contribution in [3.63, 3.8) is 0 Å². The first-order chi connectivity index (χ1) is 12.6. The lowest BCUT2D eigenvalue weighted by Gasteiger charge is -2.09. The van der Waals surface area contributed by atoms with E-state index >= 15 is 0 Å². The number of carbonyl (C=O) groups is 2. The molecule has 0 unspecified atom stereocenters. The van der Waals surface area contributed by atoms with Crippen LogP contribution in [0.4, 0.5) is 0 Å². The van der Waals surface area contributed by atoms with Crippen molar-refractivity contribution in [1.82, 2.24) is 15.2 Å². The van der Waals surface area contributed by atoms with E-state index in [-0.39, 0.29) is 18.4 Å². The van der Waals surface area contributed by atoms with Gasteiger partial charge in [0.1, 0.15) is 0 Å². The summed E-state index contributed by atoms with van der Waals surface area (Å²) in [5, 5.41) is 3.69. The van der Waals surface area contributed by atoms with Gasteiger partial charge in [0.25, 0.3) is 11.8 Å². The van der Waals surface area contributed by atoms with Gasteiger partial charge in [-0.2, -0.15) is 0 Å². The van der Waals surface area contributed by atoms with E-state index < -0.39 is 0 Å². The van der Waals surface area contributed by atoms with E-state index in [1.807, 2.05) is 24.3 Å². The Kier molecular flexibility index (Phi) is 5.04. The van der Waals surface area contributed by atoms with Crippen LogP contribution in [0.3, 0.4) is 0 Å². The molecule has 0 aliphatic heterocycles. The number of para-hydroxylation sites is 1. The topological polar surface area (TPSA) is 65.2 Å². The van der Waals surface area contributed by atoms with E-state index in [0.717, 1.165) is 16.5 Å². The summed E-state index contributed by atoms with van der Waals surface area (Å²) in [6.07, 6.45) is 1.70. The van der Waals surface area contributed by atoms with E-state index in [0.29, 0.717) is 11.1 Å². The standard InChI is InChI=1S/C21H19N3O2/c1-24(2)21(26)16-11-9-15(10-12-16)6-5-13-22-20(25)18-14-23-19-8-4-3-7-17(18)19/h3-4,7-12,14,23H,13H2,1-2H3,(H,22,25). The summed E-state index contributed by atoms with van der Waals surface area (Å²) in [6, 6.07) is 14.7. The van der Waals surface area contributed by atoms with Gasteiger partial charge in [0.2, 0.25) is 0 Å². The van der Waals surface area contributed by atoms with E-state index in [9.17, 15) is 9.59 Å². The zero-order chi connectivity index (χ0) is 18.5. The number of nitrogens with one attached hydrogen (secondary N) is 2. The SMILES string of the molecule is CN(C)C(=O)c1ccc(C#CCNC(=O)c2c[nH]c3ccccc23)cc1. The molecule has 0 aliphatic carbocycles. The highest BCUT2D eigenvalue weighted by Gasteiger charge is 2.10. The molecule has 2 aromatic carbocycles. The Morgan fingerprint density at radius 2 is 1.81 bits per heavy atom. The van der Waals surface area contributed by atoms with Gasteiger partial charge in [0.05, 0.1) is 12.1 Å². The predicted molar refractivity (Wildman–Crippen MR) is 102 cm³/mol. The number of nitrogens with zero attached hydrogens (tertiary/aromatic N) is 1. The molecule has 0 fully saturated rings. The summed E-state index contributed by atoms with van der Waals surface area (Å²) in [5.74, 6) is 5.70. The molecule has 0 saturated carbocycles. The van der Waals surface area contributed by atoms with Gasteiger partial charge < -0.3 is 15.2 Å². The van der Waals surface area contributed by atoms with Crippen LogP contribution in [-0.2, 0) is 0 Å². The lowest BCUT2D eigenvalue weighted by Crippen LogP contribution is -2.23. The molecule has 2 N–H and O–H groups in total. The zero-order valence-electron chi connectivity index (χ0n) is 14.7. The molecular weight excluding hydrogens is 326 g/mol. The molecule has 5 heteroatoms. The molecule has 1 heterocycles. The van der Waals surface area contributed by atoms with E-state index in [4.69, 9.17) is 0 Å². The van der Waals surface area contributed by atoms with Crippen LogP contribution in [0.2, 0.25) is 0 Å². The first-order valence-corrected chi connectivity index (χ1v) is 8.21. The second-order valence-corrected chi connectivity index (χ2v) is 6.01. The monoisotopic (exact) mass is 345 g/mol. The summed E-state index contributed by atoms with van der Waals surface area (Å²) >= 11 is 0. The van der Waals surface area contributed by atoms with Crippen LogP contribution in [0, 0.1) is 11.8 Å². The minimum Gasteiger partial charge on any atom is -0.360 e. The number of rotatable bonds is 3. The number of benzene rings is 2. The molecule has 26 heavy (non-hydrogen) atoms. The van der Waals surface area contributed by atoms with Gasteiger partial charge in [-0.1, -0.05) is 30.0 Å². The predicted octanol–water partition coefficient (Wildman–Crippen LogP) is 2.65. The summed E-state index contributed by atoms with van der Waals surface area (Å²) in [5.41, 5.74) is 2.94. The fourth-order valence-corrected chi connectivity index (χ4v) is 2.58. The molecule has 5 nitrogen and oxygen atoms in total. The highest BCUT2D eigenvalue weighted by molar-refractivity contribution is 6.06. The molecular formula is C21H19N3O2. The first-order valence-electron chi connectivity index (χ1n) is 8.21. The Morgan fingerprint density at radius 3 is 2.54 bits per heavy atom. The van der Waals surface area contributed by atoms with Crippen molar-refractivity contribution in [3.8, 4) is 11.8 Å². The second-order valence-electron chi connectivity index (χ2n) is 6.01. The van der Waals surface area contributed by atoms with Crippen LogP contribution >= 0.6 is 0 Å². The van der Waals surface area contributed by atoms with Crippen LogP contribution in [0.1, 0.15) is 26.3 Å². The fraction of sp³-hybridized carbons (Fsp3) is 0.143. The van der Waals surface area contributed by atoms with Crippen LogP contribution in [0.25, 0.3) is 10.9 Å². The van der Waals surface area contributed by atoms with Gasteiger partial charge in [0, 0.05) is 42.3 Å². The minimum absolute atomic E-state index is 0.0458. The maximum Gasteiger partial charge on any atom is 0.254 e. The normalized spacial score (nSPS) is 10.1. The molecule has 1 aromatic heterocycles. The highest BCUT2D eigenvalue weighted by atomic mass is 16.2. The highest BCUT2D eigenvalue weighted by Crippen LogP contribution is 2.17. The molecule has 0 saturated heterocycles. The van der Waals surface area contributed by atoms with Crippen molar-refractivity contribution in [2.24, 2.45) is 0 Å². The minimum atomic E-state index is -0.163. The van der Waals surface area contributed by atoms with Crippen molar-refractivity contribution < 1.29 is 9.59 Å².